The second kappa shape index (κ2) is 7.89. The van der Waals surface area contributed by atoms with Crippen molar-refractivity contribution in [1.29, 1.82) is 0 Å². The molecule has 0 bridgehead atoms. The van der Waals surface area contributed by atoms with Crippen LogP contribution in [-0.2, 0) is 23.0 Å². The van der Waals surface area contributed by atoms with E-state index in [1.165, 1.54) is 29.7 Å². The molecule has 0 aromatic heterocycles. The summed E-state index contributed by atoms with van der Waals surface area (Å²) in [6.07, 6.45) is 4.34. The average Bonchev–Trinajstić information content (AvgIpc) is 2.59. The molecule has 1 N–H and O–H groups in total. The Labute approximate surface area is 169 Å². The Morgan fingerprint density at radius 1 is 1.03 bits per heavy atom. The van der Waals surface area contributed by atoms with Crippen molar-refractivity contribution in [2.75, 3.05) is 5.32 Å². The van der Waals surface area contributed by atoms with Gasteiger partial charge in [0.25, 0.3) is 0 Å². The van der Waals surface area contributed by atoms with E-state index in [9.17, 15) is 21.6 Å². The number of rotatable bonds is 5. The van der Waals surface area contributed by atoms with E-state index < -0.39 is 15.6 Å². The molecule has 3 rings (SSSR count). The maximum Gasteiger partial charge on any atom is 0.534 e. The molecule has 1 aliphatic rings. The SMILES string of the molecule is Cc1cc(OS(=O)(=O)C(F)(F)F)cc(Nc2ccc3c(c2)CCCC3)c1C(C)C. The molecular formula is C21H24F3NO3S. The molecule has 0 saturated heterocycles. The fraction of sp³-hybridized carbons (Fsp3) is 0.429. The molecule has 2 aromatic rings. The highest BCUT2D eigenvalue weighted by Crippen LogP contribution is 2.37. The van der Waals surface area contributed by atoms with Gasteiger partial charge in [0.15, 0.2) is 0 Å². The summed E-state index contributed by atoms with van der Waals surface area (Å²) >= 11 is 0. The van der Waals surface area contributed by atoms with Crippen molar-refractivity contribution in [3.05, 3.63) is 52.6 Å². The number of hydrogen-bond acceptors (Lipinski definition) is 4. The van der Waals surface area contributed by atoms with Crippen LogP contribution in [0.4, 0.5) is 24.5 Å². The van der Waals surface area contributed by atoms with Gasteiger partial charge in [-0.2, -0.15) is 21.6 Å². The largest absolute Gasteiger partial charge is 0.534 e. The molecule has 0 amide bonds. The summed E-state index contributed by atoms with van der Waals surface area (Å²) in [5.74, 6) is -0.298. The van der Waals surface area contributed by atoms with E-state index in [1.807, 2.05) is 26.0 Å². The summed E-state index contributed by atoms with van der Waals surface area (Å²) in [5.41, 5.74) is -0.0313. The summed E-state index contributed by atoms with van der Waals surface area (Å²) in [5, 5.41) is 3.25. The number of halogens is 3. The molecule has 0 atom stereocenters. The zero-order chi connectivity index (χ0) is 21.4. The molecule has 0 radical (unpaired) electrons. The quantitative estimate of drug-likeness (QED) is 0.472. The van der Waals surface area contributed by atoms with Crippen molar-refractivity contribution in [1.82, 2.24) is 0 Å². The van der Waals surface area contributed by atoms with E-state index in [1.54, 1.807) is 6.92 Å². The maximum atomic E-state index is 12.7. The third-order valence-electron chi connectivity index (χ3n) is 5.05. The fourth-order valence-corrected chi connectivity index (χ4v) is 4.27. The van der Waals surface area contributed by atoms with Gasteiger partial charge >= 0.3 is 15.6 Å². The average molecular weight is 427 g/mol. The first-order chi connectivity index (χ1) is 13.5. The van der Waals surface area contributed by atoms with E-state index in [4.69, 9.17) is 0 Å². The summed E-state index contributed by atoms with van der Waals surface area (Å²) in [7, 11) is -5.73. The topological polar surface area (TPSA) is 55.4 Å². The molecule has 0 aliphatic heterocycles. The Kier molecular flexibility index (Phi) is 5.85. The number of benzene rings is 2. The number of nitrogens with one attached hydrogen (secondary N) is 1. The molecule has 0 heterocycles. The Balaban J connectivity index is 1.99. The molecule has 1 aliphatic carbocycles. The van der Waals surface area contributed by atoms with Crippen LogP contribution in [0.3, 0.4) is 0 Å². The summed E-state index contributed by atoms with van der Waals surface area (Å²) in [4.78, 5) is 0. The number of anilines is 2. The minimum atomic E-state index is -5.73. The molecule has 0 unspecified atom stereocenters. The fourth-order valence-electron chi connectivity index (χ4n) is 3.82. The van der Waals surface area contributed by atoms with Crippen LogP contribution in [0.25, 0.3) is 0 Å². The lowest BCUT2D eigenvalue weighted by Crippen LogP contribution is -2.28. The number of fused-ring (bicyclic) bond motifs is 1. The van der Waals surface area contributed by atoms with Crippen LogP contribution in [-0.4, -0.2) is 13.9 Å². The molecule has 0 fully saturated rings. The van der Waals surface area contributed by atoms with Gasteiger partial charge in [-0.25, -0.2) is 0 Å². The molecule has 29 heavy (non-hydrogen) atoms. The van der Waals surface area contributed by atoms with E-state index >= 15 is 0 Å². The zero-order valence-corrected chi connectivity index (χ0v) is 17.4. The van der Waals surface area contributed by atoms with Gasteiger partial charge < -0.3 is 9.50 Å². The van der Waals surface area contributed by atoms with Gasteiger partial charge in [-0.1, -0.05) is 19.9 Å². The van der Waals surface area contributed by atoms with Crippen molar-refractivity contribution in [3.8, 4) is 5.75 Å². The number of alkyl halides is 3. The second-order valence-electron chi connectivity index (χ2n) is 7.65. The van der Waals surface area contributed by atoms with Gasteiger partial charge in [0.2, 0.25) is 0 Å². The van der Waals surface area contributed by atoms with Crippen LogP contribution in [0.2, 0.25) is 0 Å². The van der Waals surface area contributed by atoms with E-state index in [0.717, 1.165) is 30.5 Å². The first kappa shape index (κ1) is 21.5. The molecular weight excluding hydrogens is 403 g/mol. The van der Waals surface area contributed by atoms with Crippen LogP contribution in [0.5, 0.6) is 5.75 Å². The highest BCUT2D eigenvalue weighted by molar-refractivity contribution is 7.88. The predicted octanol–water partition coefficient (Wildman–Crippen LogP) is 5.97. The highest BCUT2D eigenvalue weighted by atomic mass is 32.2. The van der Waals surface area contributed by atoms with E-state index in [-0.39, 0.29) is 11.7 Å². The number of hydrogen-bond donors (Lipinski definition) is 1. The van der Waals surface area contributed by atoms with Crippen molar-refractivity contribution >= 4 is 21.5 Å². The summed E-state index contributed by atoms with van der Waals surface area (Å²) in [6.45, 7) is 5.65. The first-order valence-corrected chi connectivity index (χ1v) is 10.9. The molecule has 0 spiro atoms. The van der Waals surface area contributed by atoms with Crippen LogP contribution in [0.15, 0.2) is 30.3 Å². The lowest BCUT2D eigenvalue weighted by atomic mass is 9.91. The molecule has 0 saturated carbocycles. The van der Waals surface area contributed by atoms with Crippen LogP contribution in [0.1, 0.15) is 54.9 Å². The van der Waals surface area contributed by atoms with Crippen molar-refractivity contribution in [3.63, 3.8) is 0 Å². The summed E-state index contributed by atoms with van der Waals surface area (Å²) < 4.78 is 65.3. The van der Waals surface area contributed by atoms with Gasteiger partial charge in [0, 0.05) is 17.4 Å². The van der Waals surface area contributed by atoms with E-state index in [0.29, 0.717) is 11.3 Å². The van der Waals surface area contributed by atoms with Crippen LogP contribution in [0, 0.1) is 6.92 Å². The second-order valence-corrected chi connectivity index (χ2v) is 9.19. The normalized spacial score (nSPS) is 14.6. The Hall–Kier alpha value is -2.22. The van der Waals surface area contributed by atoms with Crippen molar-refractivity contribution < 1.29 is 25.8 Å². The van der Waals surface area contributed by atoms with Gasteiger partial charge in [-0.05, 0) is 79.0 Å². The maximum absolute atomic E-state index is 12.7. The Bertz CT molecular complexity index is 1010. The predicted molar refractivity (Wildman–Crippen MR) is 107 cm³/mol. The van der Waals surface area contributed by atoms with E-state index in [2.05, 4.69) is 15.6 Å². The molecule has 158 valence electrons. The Morgan fingerprint density at radius 2 is 1.69 bits per heavy atom. The molecule has 4 nitrogen and oxygen atoms in total. The van der Waals surface area contributed by atoms with Crippen molar-refractivity contribution in [2.45, 2.75) is 57.9 Å². The van der Waals surface area contributed by atoms with Gasteiger partial charge in [-0.3, -0.25) is 0 Å². The minimum absolute atomic E-state index is 0.0726. The monoisotopic (exact) mass is 427 g/mol. The minimum Gasteiger partial charge on any atom is -0.376 e. The van der Waals surface area contributed by atoms with Gasteiger partial charge in [0.05, 0.1) is 0 Å². The molecule has 2 aromatic carbocycles. The smallest absolute Gasteiger partial charge is 0.376 e. The standard InChI is InChI=1S/C21H24F3NO3S/c1-13(2)20-14(3)10-18(28-29(26,27)21(22,23)24)12-19(20)25-17-9-8-15-6-4-5-7-16(15)11-17/h8-13,25H,4-7H2,1-3H3. The number of aryl methyl sites for hydroxylation is 3. The third kappa shape index (κ3) is 4.69. The van der Waals surface area contributed by atoms with Gasteiger partial charge in [0.1, 0.15) is 5.75 Å². The first-order valence-electron chi connectivity index (χ1n) is 9.52. The van der Waals surface area contributed by atoms with Crippen LogP contribution < -0.4 is 9.50 Å². The lowest BCUT2D eigenvalue weighted by molar-refractivity contribution is -0.0500. The van der Waals surface area contributed by atoms with Crippen molar-refractivity contribution in [2.24, 2.45) is 0 Å². The third-order valence-corrected chi connectivity index (χ3v) is 6.03. The van der Waals surface area contributed by atoms with Gasteiger partial charge in [-0.15, -0.1) is 0 Å². The summed E-state index contributed by atoms with van der Waals surface area (Å²) in [6, 6.07) is 8.67. The lowest BCUT2D eigenvalue weighted by Gasteiger charge is -2.21. The highest BCUT2D eigenvalue weighted by Gasteiger charge is 2.48. The van der Waals surface area contributed by atoms with Crippen LogP contribution >= 0.6 is 0 Å². The molecule has 8 heteroatoms. The zero-order valence-electron chi connectivity index (χ0n) is 16.6. The Morgan fingerprint density at radius 3 is 2.31 bits per heavy atom.